The van der Waals surface area contributed by atoms with Crippen LogP contribution in [0.2, 0.25) is 0 Å². The molecule has 2 N–H and O–H groups in total. The second kappa shape index (κ2) is 4.79. The molecule has 0 bridgehead atoms. The van der Waals surface area contributed by atoms with Crippen LogP contribution in [0.3, 0.4) is 0 Å². The van der Waals surface area contributed by atoms with Gasteiger partial charge in [-0.05, 0) is 80.0 Å². The van der Waals surface area contributed by atoms with Crippen molar-refractivity contribution in [2.75, 3.05) is 0 Å². The minimum Gasteiger partial charge on any atom is -0.375 e. The summed E-state index contributed by atoms with van der Waals surface area (Å²) in [7, 11) is 0. The van der Waals surface area contributed by atoms with Crippen molar-refractivity contribution in [3.05, 3.63) is 0 Å². The molecule has 0 aromatic carbocycles. The van der Waals surface area contributed by atoms with Gasteiger partial charge in [-0.1, -0.05) is 20.8 Å². The Morgan fingerprint density at radius 3 is 2.08 bits per heavy atom. The summed E-state index contributed by atoms with van der Waals surface area (Å²) >= 11 is 0. The molecule has 4 nitrogen and oxygen atoms in total. The van der Waals surface area contributed by atoms with Crippen molar-refractivity contribution in [2.24, 2.45) is 34.0 Å². The third-order valence-corrected chi connectivity index (χ3v) is 9.55. The predicted molar refractivity (Wildman–Crippen MR) is 92.9 cm³/mol. The molecule has 4 aliphatic rings. The number of rotatable bonds is 0. The standard InChI is InChI=1S/C21H30N2O2/c1-17-7-4-14-15-6-9-21(25,13-23)18(15,2)8-5-16(14)19(17,3)11-20(24,10-17)12-22/h14-16,24-25H,4-11H2,1-3H3/t14-,15-,16-,17-,18-,19+,20+,21+/m0/s1. The molecular weight excluding hydrogens is 312 g/mol. The van der Waals surface area contributed by atoms with E-state index in [2.05, 4.69) is 32.9 Å². The second-order valence-corrected chi connectivity index (χ2v) is 10.4. The molecule has 0 amide bonds. The Morgan fingerprint density at radius 1 is 0.800 bits per heavy atom. The van der Waals surface area contributed by atoms with Crippen molar-refractivity contribution in [2.45, 2.75) is 83.3 Å². The van der Waals surface area contributed by atoms with Crippen molar-refractivity contribution in [1.82, 2.24) is 0 Å². The van der Waals surface area contributed by atoms with E-state index in [4.69, 9.17) is 0 Å². The average molecular weight is 342 g/mol. The van der Waals surface area contributed by atoms with Crippen LogP contribution in [0.1, 0.15) is 72.1 Å². The van der Waals surface area contributed by atoms with Crippen LogP contribution < -0.4 is 0 Å². The predicted octanol–water partition coefficient (Wildman–Crippen LogP) is 3.54. The van der Waals surface area contributed by atoms with Gasteiger partial charge in [-0.2, -0.15) is 10.5 Å². The zero-order valence-electron chi connectivity index (χ0n) is 15.7. The SMILES string of the molecule is C[C@@]12CC[C@H]3[C@@H]4CC[C@@](O)(C#N)[C@@]4(C)CC[C@@H]3[C@@]1(C)C[C@@](O)(C#N)C2. The van der Waals surface area contributed by atoms with E-state index in [1.807, 2.05) is 0 Å². The quantitative estimate of drug-likeness (QED) is 0.659. The van der Waals surface area contributed by atoms with E-state index in [0.717, 1.165) is 32.1 Å². The molecule has 4 heteroatoms. The molecule has 0 aromatic heterocycles. The van der Waals surface area contributed by atoms with Gasteiger partial charge < -0.3 is 10.2 Å². The number of nitriles is 2. The summed E-state index contributed by atoms with van der Waals surface area (Å²) in [4.78, 5) is 0. The van der Waals surface area contributed by atoms with Crippen LogP contribution in [0, 0.1) is 56.7 Å². The lowest BCUT2D eigenvalue weighted by molar-refractivity contribution is -0.141. The molecule has 4 aliphatic carbocycles. The highest BCUT2D eigenvalue weighted by atomic mass is 16.3. The van der Waals surface area contributed by atoms with Gasteiger partial charge >= 0.3 is 0 Å². The first-order chi connectivity index (χ1) is 11.6. The molecule has 0 unspecified atom stereocenters. The van der Waals surface area contributed by atoms with Crippen LogP contribution >= 0.6 is 0 Å². The molecule has 136 valence electrons. The Labute approximate surface area is 150 Å². The van der Waals surface area contributed by atoms with Crippen LogP contribution in [0.4, 0.5) is 0 Å². The molecule has 4 saturated carbocycles. The van der Waals surface area contributed by atoms with Crippen LogP contribution in [-0.4, -0.2) is 21.4 Å². The summed E-state index contributed by atoms with van der Waals surface area (Å²) in [5.41, 5.74) is -2.71. The van der Waals surface area contributed by atoms with E-state index in [1.165, 1.54) is 0 Å². The summed E-state index contributed by atoms with van der Waals surface area (Å²) in [5.74, 6) is 1.36. The zero-order chi connectivity index (χ0) is 18.3. The molecule has 8 atom stereocenters. The first kappa shape index (κ1) is 17.3. The summed E-state index contributed by atoms with van der Waals surface area (Å²) in [6.45, 7) is 6.69. The third-order valence-electron chi connectivity index (χ3n) is 9.55. The second-order valence-electron chi connectivity index (χ2n) is 10.4. The molecule has 0 radical (unpaired) electrons. The lowest BCUT2D eigenvalue weighted by Gasteiger charge is -2.60. The molecule has 0 aromatic rings. The number of aliphatic hydroxyl groups is 2. The van der Waals surface area contributed by atoms with Gasteiger partial charge in [0.05, 0.1) is 12.1 Å². The maximum Gasteiger partial charge on any atom is 0.156 e. The Bertz CT molecular complexity index is 695. The van der Waals surface area contributed by atoms with Gasteiger partial charge in [0.2, 0.25) is 0 Å². The Hall–Kier alpha value is -1.10. The van der Waals surface area contributed by atoms with Gasteiger partial charge in [0.25, 0.3) is 0 Å². The molecular formula is C21H30N2O2. The highest BCUT2D eigenvalue weighted by Crippen LogP contribution is 2.73. The van der Waals surface area contributed by atoms with Gasteiger partial charge in [0.1, 0.15) is 0 Å². The first-order valence-electron chi connectivity index (χ1n) is 9.84. The van der Waals surface area contributed by atoms with Gasteiger partial charge in [-0.3, -0.25) is 0 Å². The smallest absolute Gasteiger partial charge is 0.156 e. The Balaban J connectivity index is 1.72. The topological polar surface area (TPSA) is 88.0 Å². The van der Waals surface area contributed by atoms with Crippen molar-refractivity contribution in [1.29, 1.82) is 10.5 Å². The van der Waals surface area contributed by atoms with Gasteiger partial charge in [-0.15, -0.1) is 0 Å². The van der Waals surface area contributed by atoms with Crippen LogP contribution in [0.15, 0.2) is 0 Å². The monoisotopic (exact) mass is 342 g/mol. The van der Waals surface area contributed by atoms with Crippen LogP contribution in [0.25, 0.3) is 0 Å². The fraction of sp³-hybridized carbons (Fsp3) is 0.905. The van der Waals surface area contributed by atoms with Crippen LogP contribution in [-0.2, 0) is 0 Å². The lowest BCUT2D eigenvalue weighted by atomic mass is 9.44. The summed E-state index contributed by atoms with van der Waals surface area (Å²) in [6.07, 6.45) is 6.67. The fourth-order valence-corrected chi connectivity index (χ4v) is 7.93. The largest absolute Gasteiger partial charge is 0.375 e. The van der Waals surface area contributed by atoms with Crippen molar-refractivity contribution in [3.63, 3.8) is 0 Å². The van der Waals surface area contributed by atoms with E-state index < -0.39 is 11.2 Å². The van der Waals surface area contributed by atoms with Gasteiger partial charge in [0, 0.05) is 5.41 Å². The summed E-state index contributed by atoms with van der Waals surface area (Å²) in [5, 5.41) is 40.8. The number of fused-ring (bicyclic) bond motifs is 5. The van der Waals surface area contributed by atoms with Crippen molar-refractivity contribution in [3.8, 4) is 12.1 Å². The number of nitrogens with zero attached hydrogens (tertiary/aromatic N) is 2. The van der Waals surface area contributed by atoms with E-state index in [0.29, 0.717) is 37.0 Å². The molecule has 0 heterocycles. The maximum atomic E-state index is 10.9. The summed E-state index contributed by atoms with van der Waals surface area (Å²) in [6, 6.07) is 4.42. The van der Waals surface area contributed by atoms with E-state index in [-0.39, 0.29) is 16.2 Å². The molecule has 0 aliphatic heterocycles. The van der Waals surface area contributed by atoms with Crippen molar-refractivity contribution < 1.29 is 10.2 Å². The highest BCUT2D eigenvalue weighted by molar-refractivity contribution is 5.24. The molecule has 0 saturated heterocycles. The Kier molecular flexibility index (Phi) is 3.32. The fourth-order valence-electron chi connectivity index (χ4n) is 7.93. The first-order valence-corrected chi connectivity index (χ1v) is 9.84. The number of hydrogen-bond donors (Lipinski definition) is 2. The van der Waals surface area contributed by atoms with E-state index in [1.54, 1.807) is 0 Å². The lowest BCUT2D eigenvalue weighted by Crippen LogP contribution is -2.56. The van der Waals surface area contributed by atoms with Crippen molar-refractivity contribution >= 4 is 0 Å². The summed E-state index contributed by atoms with van der Waals surface area (Å²) < 4.78 is 0. The average Bonchev–Trinajstić information content (AvgIpc) is 2.96. The highest BCUT2D eigenvalue weighted by Gasteiger charge is 2.69. The molecule has 4 rings (SSSR count). The molecule has 0 spiro atoms. The maximum absolute atomic E-state index is 10.9. The third kappa shape index (κ3) is 1.88. The minimum atomic E-state index is -1.19. The normalized spacial score (nSPS) is 60.0. The van der Waals surface area contributed by atoms with Crippen LogP contribution in [0.5, 0.6) is 0 Å². The molecule has 25 heavy (non-hydrogen) atoms. The van der Waals surface area contributed by atoms with E-state index in [9.17, 15) is 20.7 Å². The molecule has 4 fully saturated rings. The Morgan fingerprint density at radius 2 is 1.44 bits per heavy atom. The number of hydrogen-bond acceptors (Lipinski definition) is 4. The zero-order valence-corrected chi connectivity index (χ0v) is 15.7. The van der Waals surface area contributed by atoms with Gasteiger partial charge in [-0.25, -0.2) is 0 Å². The minimum absolute atomic E-state index is 0.0104. The van der Waals surface area contributed by atoms with Gasteiger partial charge in [0.15, 0.2) is 11.2 Å². The van der Waals surface area contributed by atoms with E-state index >= 15 is 0 Å².